The Morgan fingerprint density at radius 2 is 2.00 bits per heavy atom. The predicted molar refractivity (Wildman–Crippen MR) is 45.7 cm³/mol. The molecule has 0 saturated carbocycles. The van der Waals surface area contributed by atoms with Gasteiger partial charge in [0.25, 0.3) is 0 Å². The van der Waals surface area contributed by atoms with Gasteiger partial charge < -0.3 is 0 Å². The van der Waals surface area contributed by atoms with Crippen LogP contribution in [0.5, 0.6) is 0 Å². The Bertz CT molecular complexity index is 428. The zero-order chi connectivity index (χ0) is 9.47. The number of hydrogen-bond acceptors (Lipinski definition) is 1. The average molecular weight is 201 g/mol. The van der Waals surface area contributed by atoms with E-state index in [0.29, 0.717) is 4.70 Å². The molecule has 1 aromatic heterocycles. The monoisotopic (exact) mass is 201 g/mol. The maximum atomic E-state index is 12.4. The predicted octanol–water partition coefficient (Wildman–Crippen LogP) is 3.72. The van der Waals surface area contributed by atoms with E-state index in [2.05, 4.69) is 6.07 Å². The van der Waals surface area contributed by atoms with Gasteiger partial charge in [-0.2, -0.15) is 13.2 Å². The minimum Gasteiger partial charge on any atom is -0.166 e. The van der Waals surface area contributed by atoms with Crippen molar-refractivity contribution >= 4 is 21.4 Å². The van der Waals surface area contributed by atoms with Crippen LogP contribution in [0.2, 0.25) is 0 Å². The third kappa shape index (κ3) is 1.42. The van der Waals surface area contributed by atoms with E-state index in [1.165, 1.54) is 23.5 Å². The summed E-state index contributed by atoms with van der Waals surface area (Å²) >= 11 is 1.30. The normalized spacial score (nSPS) is 12.2. The van der Waals surface area contributed by atoms with Gasteiger partial charge in [0.2, 0.25) is 0 Å². The summed E-state index contributed by atoms with van der Waals surface area (Å²) in [7, 11) is 0. The molecule has 1 heterocycles. The van der Waals surface area contributed by atoms with Crippen LogP contribution in [0.1, 0.15) is 5.56 Å². The lowest BCUT2D eigenvalue weighted by Gasteiger charge is -2.06. The SMILES string of the molecule is FC(F)(F)c1[c]ccc2sccc12. The molecule has 0 N–H and O–H groups in total. The molecule has 2 aromatic rings. The standard InChI is InChI=1S/C9H4F3S/c10-9(11,12)7-2-1-3-8-6(7)4-5-13-8/h1,3-5H. The van der Waals surface area contributed by atoms with Gasteiger partial charge in [-0.15, -0.1) is 11.3 Å². The van der Waals surface area contributed by atoms with Crippen molar-refractivity contribution in [3.05, 3.63) is 35.2 Å². The molecule has 1 aromatic carbocycles. The van der Waals surface area contributed by atoms with Gasteiger partial charge in [-0.1, -0.05) is 6.07 Å². The fourth-order valence-electron chi connectivity index (χ4n) is 1.17. The van der Waals surface area contributed by atoms with Crippen LogP contribution >= 0.6 is 11.3 Å². The molecule has 0 bridgehead atoms. The third-order valence-corrected chi connectivity index (χ3v) is 2.59. The highest BCUT2D eigenvalue weighted by Gasteiger charge is 2.32. The van der Waals surface area contributed by atoms with Crippen LogP contribution in [0.15, 0.2) is 23.6 Å². The first-order valence-electron chi connectivity index (χ1n) is 3.54. The topological polar surface area (TPSA) is 0 Å². The van der Waals surface area contributed by atoms with Gasteiger partial charge in [0.05, 0.1) is 5.56 Å². The molecule has 1 radical (unpaired) electrons. The highest BCUT2D eigenvalue weighted by atomic mass is 32.1. The molecule has 0 aliphatic rings. The van der Waals surface area contributed by atoms with Crippen LogP contribution in [0.25, 0.3) is 10.1 Å². The van der Waals surface area contributed by atoms with Gasteiger partial charge in [-0.05, 0) is 23.6 Å². The van der Waals surface area contributed by atoms with Gasteiger partial charge >= 0.3 is 6.18 Å². The summed E-state index contributed by atoms with van der Waals surface area (Å²) in [5.41, 5.74) is -0.675. The molecule has 4 heteroatoms. The summed E-state index contributed by atoms with van der Waals surface area (Å²) in [6.07, 6.45) is -4.30. The van der Waals surface area contributed by atoms with E-state index in [1.54, 1.807) is 11.4 Å². The second-order valence-electron chi connectivity index (χ2n) is 2.55. The van der Waals surface area contributed by atoms with Crippen molar-refractivity contribution < 1.29 is 13.2 Å². The summed E-state index contributed by atoms with van der Waals surface area (Å²) < 4.78 is 37.8. The zero-order valence-corrected chi connectivity index (χ0v) is 7.17. The molecule has 0 aliphatic heterocycles. The maximum absolute atomic E-state index is 12.4. The minimum absolute atomic E-state index is 0.236. The van der Waals surface area contributed by atoms with Crippen LogP contribution in [0, 0.1) is 6.07 Å². The maximum Gasteiger partial charge on any atom is 0.417 e. The van der Waals surface area contributed by atoms with Crippen LogP contribution in [0.3, 0.4) is 0 Å². The Balaban J connectivity index is 2.75. The Hall–Kier alpha value is -1.03. The summed E-state index contributed by atoms with van der Waals surface area (Å²) in [6, 6.07) is 6.63. The van der Waals surface area contributed by atoms with Crippen molar-refractivity contribution in [2.45, 2.75) is 6.18 Å². The molecule has 67 valence electrons. The molecule has 0 nitrogen and oxygen atoms in total. The zero-order valence-electron chi connectivity index (χ0n) is 6.35. The number of hydrogen-bond donors (Lipinski definition) is 0. The number of alkyl halides is 3. The summed E-state index contributed by atoms with van der Waals surface area (Å²) in [5, 5.41) is 1.88. The van der Waals surface area contributed by atoms with Crippen molar-refractivity contribution in [2.24, 2.45) is 0 Å². The molecule has 2 rings (SSSR count). The molecule has 0 unspecified atom stereocenters. The molecule has 0 atom stereocenters. The quantitative estimate of drug-likeness (QED) is 0.609. The molecule has 0 saturated heterocycles. The van der Waals surface area contributed by atoms with Crippen molar-refractivity contribution in [1.82, 2.24) is 0 Å². The Morgan fingerprint density at radius 3 is 2.69 bits per heavy atom. The van der Waals surface area contributed by atoms with Gasteiger partial charge in [-0.3, -0.25) is 0 Å². The van der Waals surface area contributed by atoms with E-state index in [1.807, 2.05) is 0 Å². The van der Waals surface area contributed by atoms with Crippen LogP contribution in [-0.4, -0.2) is 0 Å². The van der Waals surface area contributed by atoms with Gasteiger partial charge in [-0.25, -0.2) is 0 Å². The third-order valence-electron chi connectivity index (χ3n) is 1.71. The molecule has 0 amide bonds. The summed E-state index contributed by atoms with van der Waals surface area (Å²) in [6.45, 7) is 0. The highest BCUT2D eigenvalue weighted by Crippen LogP contribution is 2.35. The lowest BCUT2D eigenvalue weighted by molar-refractivity contribution is -0.136. The number of halogens is 3. The molecule has 0 fully saturated rings. The van der Waals surface area contributed by atoms with E-state index < -0.39 is 11.7 Å². The fraction of sp³-hybridized carbons (Fsp3) is 0.111. The Kier molecular flexibility index (Phi) is 1.80. The fourth-order valence-corrected chi connectivity index (χ4v) is 1.96. The molecular formula is C9H4F3S. The first-order chi connectivity index (χ1) is 6.09. The lowest BCUT2D eigenvalue weighted by atomic mass is 10.1. The van der Waals surface area contributed by atoms with Gasteiger partial charge in [0.1, 0.15) is 0 Å². The van der Waals surface area contributed by atoms with E-state index in [-0.39, 0.29) is 5.39 Å². The first kappa shape index (κ1) is 8.56. The van der Waals surface area contributed by atoms with Crippen LogP contribution < -0.4 is 0 Å². The van der Waals surface area contributed by atoms with Gasteiger partial charge in [0.15, 0.2) is 0 Å². The molecule has 13 heavy (non-hydrogen) atoms. The molecule has 0 aliphatic carbocycles. The number of benzene rings is 1. The lowest BCUT2D eigenvalue weighted by Crippen LogP contribution is -2.04. The van der Waals surface area contributed by atoms with E-state index >= 15 is 0 Å². The van der Waals surface area contributed by atoms with Crippen molar-refractivity contribution in [1.29, 1.82) is 0 Å². The second-order valence-corrected chi connectivity index (χ2v) is 3.50. The van der Waals surface area contributed by atoms with E-state index in [0.717, 1.165) is 0 Å². The largest absolute Gasteiger partial charge is 0.417 e. The van der Waals surface area contributed by atoms with Crippen molar-refractivity contribution in [2.75, 3.05) is 0 Å². The van der Waals surface area contributed by atoms with E-state index in [9.17, 15) is 13.2 Å². The highest BCUT2D eigenvalue weighted by molar-refractivity contribution is 7.17. The van der Waals surface area contributed by atoms with Crippen molar-refractivity contribution in [3.63, 3.8) is 0 Å². The van der Waals surface area contributed by atoms with Crippen LogP contribution in [0.4, 0.5) is 13.2 Å². The Labute approximate surface area is 76.6 Å². The van der Waals surface area contributed by atoms with Gasteiger partial charge in [0, 0.05) is 10.1 Å². The molecule has 0 spiro atoms. The number of fused-ring (bicyclic) bond motifs is 1. The minimum atomic E-state index is -4.30. The van der Waals surface area contributed by atoms with E-state index in [4.69, 9.17) is 0 Å². The number of rotatable bonds is 0. The second kappa shape index (κ2) is 2.73. The number of thiophene rings is 1. The smallest absolute Gasteiger partial charge is 0.166 e. The van der Waals surface area contributed by atoms with Crippen molar-refractivity contribution in [3.8, 4) is 0 Å². The summed E-state index contributed by atoms with van der Waals surface area (Å²) in [4.78, 5) is 0. The average Bonchev–Trinajstić information content (AvgIpc) is 2.48. The van der Waals surface area contributed by atoms with Crippen LogP contribution in [-0.2, 0) is 6.18 Å². The molecular weight excluding hydrogens is 197 g/mol. The summed E-state index contributed by atoms with van der Waals surface area (Å²) in [5.74, 6) is 0. The Morgan fingerprint density at radius 1 is 1.23 bits per heavy atom. The first-order valence-corrected chi connectivity index (χ1v) is 4.42.